The molecule has 33 heavy (non-hydrogen) atoms. The molecule has 0 spiro atoms. The highest BCUT2D eigenvalue weighted by Crippen LogP contribution is 2.35. The molecular weight excluding hydrogens is 436 g/mol. The Morgan fingerprint density at radius 1 is 1.06 bits per heavy atom. The molecule has 7 heteroatoms. The molecule has 180 valence electrons. The zero-order valence-electron chi connectivity index (χ0n) is 19.9. The first-order chi connectivity index (χ1) is 15.8. The highest BCUT2D eigenvalue weighted by atomic mass is 32.2. The van der Waals surface area contributed by atoms with Crippen LogP contribution in [0.1, 0.15) is 73.4 Å². The minimum absolute atomic E-state index is 0.0234. The fraction of sp³-hybridized carbons (Fsp3) is 0.577. The van der Waals surface area contributed by atoms with Crippen LogP contribution in [0.3, 0.4) is 0 Å². The van der Waals surface area contributed by atoms with Gasteiger partial charge >= 0.3 is 0 Å². The number of benzene rings is 1. The summed E-state index contributed by atoms with van der Waals surface area (Å²) in [4.78, 5) is 13.0. The molecule has 2 unspecified atom stereocenters. The highest BCUT2D eigenvalue weighted by molar-refractivity contribution is 7.89. The van der Waals surface area contributed by atoms with Gasteiger partial charge in [0.25, 0.3) is 5.56 Å². The van der Waals surface area contributed by atoms with Crippen LogP contribution < -0.4 is 10.3 Å². The number of nitrogens with zero attached hydrogens (tertiary/aromatic N) is 1. The number of sulfonamides is 1. The first-order valence-corrected chi connectivity index (χ1v) is 13.8. The molecule has 1 aromatic heterocycles. The average Bonchev–Trinajstić information content (AvgIpc) is 2.81. The number of aromatic nitrogens is 1. The number of nitrogens with one attached hydrogen (secondary N) is 1. The second-order valence-corrected chi connectivity index (χ2v) is 11.7. The van der Waals surface area contributed by atoms with Crippen molar-refractivity contribution in [1.82, 2.24) is 9.29 Å². The van der Waals surface area contributed by atoms with Crippen LogP contribution in [-0.4, -0.2) is 37.5 Å². The molecule has 2 heterocycles. The molecule has 2 aliphatic rings. The van der Waals surface area contributed by atoms with Crippen molar-refractivity contribution in [3.8, 4) is 0 Å². The fourth-order valence-electron chi connectivity index (χ4n) is 5.30. The molecule has 0 radical (unpaired) electrons. The van der Waals surface area contributed by atoms with Crippen molar-refractivity contribution in [1.29, 1.82) is 0 Å². The Bertz CT molecular complexity index is 1130. The predicted molar refractivity (Wildman–Crippen MR) is 131 cm³/mol. The first-order valence-electron chi connectivity index (χ1n) is 12.2. The quantitative estimate of drug-likeness (QED) is 0.661. The molecule has 6 nitrogen and oxygen atoms in total. The maximum atomic E-state index is 13.0. The van der Waals surface area contributed by atoms with Crippen molar-refractivity contribution in [2.75, 3.05) is 12.4 Å². The second-order valence-electron chi connectivity index (χ2n) is 9.64. The van der Waals surface area contributed by atoms with Gasteiger partial charge in [0.05, 0.1) is 24.5 Å². The Hall–Kier alpha value is -1.96. The largest absolute Gasteiger partial charge is 0.376 e. The highest BCUT2D eigenvalue weighted by Gasteiger charge is 2.34. The summed E-state index contributed by atoms with van der Waals surface area (Å²) in [7, 11) is -3.38. The molecule has 0 bridgehead atoms. The number of hydrogen-bond acceptors (Lipinski definition) is 4. The van der Waals surface area contributed by atoms with Crippen molar-refractivity contribution < 1.29 is 13.2 Å². The number of aryl methyl sites for hydroxylation is 3. The van der Waals surface area contributed by atoms with Crippen LogP contribution in [0.2, 0.25) is 0 Å². The molecule has 2 aromatic rings. The zero-order chi connectivity index (χ0) is 23.6. The van der Waals surface area contributed by atoms with Gasteiger partial charge in [-0.25, -0.2) is 13.1 Å². The van der Waals surface area contributed by atoms with E-state index in [1.54, 1.807) is 18.4 Å². The molecule has 1 N–H and O–H groups in total. The van der Waals surface area contributed by atoms with Gasteiger partial charge in [-0.1, -0.05) is 35.9 Å². The Labute approximate surface area is 197 Å². The lowest BCUT2D eigenvalue weighted by Crippen LogP contribution is -2.50. The summed E-state index contributed by atoms with van der Waals surface area (Å²) in [6, 6.07) is 11.9. The fourth-order valence-corrected chi connectivity index (χ4v) is 6.20. The van der Waals surface area contributed by atoms with Gasteiger partial charge in [0, 0.05) is 17.3 Å². The number of fused-ring (bicyclic) bond motifs is 1. The molecule has 1 saturated carbocycles. The van der Waals surface area contributed by atoms with Crippen LogP contribution >= 0.6 is 0 Å². The summed E-state index contributed by atoms with van der Waals surface area (Å²) in [5.41, 5.74) is 4.27. The van der Waals surface area contributed by atoms with Gasteiger partial charge in [0.2, 0.25) is 10.0 Å². The van der Waals surface area contributed by atoms with Crippen molar-refractivity contribution in [2.24, 2.45) is 0 Å². The van der Waals surface area contributed by atoms with E-state index in [9.17, 15) is 13.2 Å². The van der Waals surface area contributed by atoms with Crippen LogP contribution in [0.25, 0.3) is 0 Å². The van der Waals surface area contributed by atoms with Gasteiger partial charge in [-0.15, -0.1) is 0 Å². The lowest BCUT2D eigenvalue weighted by atomic mass is 9.82. The van der Waals surface area contributed by atoms with E-state index in [1.807, 2.05) is 12.1 Å². The second kappa shape index (κ2) is 10.1. The molecule has 4 rings (SSSR count). The average molecular weight is 473 g/mol. The van der Waals surface area contributed by atoms with Crippen molar-refractivity contribution in [3.05, 3.63) is 69.1 Å². The van der Waals surface area contributed by atoms with Crippen molar-refractivity contribution in [2.45, 2.75) is 83.4 Å². The lowest BCUT2D eigenvalue weighted by molar-refractivity contribution is -0.00169. The van der Waals surface area contributed by atoms with E-state index in [1.165, 1.54) is 11.1 Å². The maximum absolute atomic E-state index is 13.0. The summed E-state index contributed by atoms with van der Waals surface area (Å²) in [6.45, 7) is 5.91. The summed E-state index contributed by atoms with van der Waals surface area (Å²) in [5.74, 6) is 0.588. The third-order valence-electron chi connectivity index (χ3n) is 7.30. The Morgan fingerprint density at radius 2 is 1.82 bits per heavy atom. The van der Waals surface area contributed by atoms with Gasteiger partial charge in [-0.05, 0) is 76.8 Å². The minimum Gasteiger partial charge on any atom is -0.376 e. The van der Waals surface area contributed by atoms with Gasteiger partial charge in [-0.2, -0.15) is 0 Å². The molecule has 2 atom stereocenters. The molecule has 0 amide bonds. The molecule has 0 saturated heterocycles. The third-order valence-corrected chi connectivity index (χ3v) is 8.72. The van der Waals surface area contributed by atoms with E-state index in [2.05, 4.69) is 35.9 Å². The van der Waals surface area contributed by atoms with Gasteiger partial charge in [-0.3, -0.25) is 4.79 Å². The number of ether oxygens (including phenoxy) is 1. The van der Waals surface area contributed by atoms with E-state index in [0.717, 1.165) is 31.4 Å². The molecule has 1 aromatic carbocycles. The maximum Gasteiger partial charge on any atom is 0.254 e. The molecule has 1 aliphatic heterocycles. The van der Waals surface area contributed by atoms with Crippen LogP contribution in [0.5, 0.6) is 0 Å². The summed E-state index contributed by atoms with van der Waals surface area (Å²) in [5, 5.41) is 0. The third kappa shape index (κ3) is 5.58. The molecular formula is C26H36N2O4S. The smallest absolute Gasteiger partial charge is 0.254 e. The standard InChI is InChI=1S/C26H36N2O4S/c1-4-33(30,31)27-24-15-12-22-11-8-19(3)26(29)28(22)25(24)17-32-23-13-9-20(10-14-23)21-7-5-6-18(2)16-21/h5-8,11,16,20,23-25,27H,4,9-10,12-15,17H2,1-3H3. The number of rotatable bonds is 7. The van der Waals surface area contributed by atoms with Crippen LogP contribution in [0, 0.1) is 13.8 Å². The summed E-state index contributed by atoms with van der Waals surface area (Å²) in [6.07, 6.45) is 5.60. The van der Waals surface area contributed by atoms with E-state index in [4.69, 9.17) is 4.74 Å². The Kier molecular flexibility index (Phi) is 7.41. The van der Waals surface area contributed by atoms with E-state index in [-0.39, 0.29) is 29.5 Å². The van der Waals surface area contributed by atoms with Crippen LogP contribution in [0.4, 0.5) is 0 Å². The number of pyridine rings is 1. The van der Waals surface area contributed by atoms with Crippen LogP contribution in [-0.2, 0) is 21.2 Å². The lowest BCUT2D eigenvalue weighted by Gasteiger charge is -2.37. The SMILES string of the molecule is CCS(=O)(=O)NC1CCc2ccc(C)c(=O)n2C1COC1CCC(c2cccc(C)c2)CC1. The topological polar surface area (TPSA) is 77.4 Å². The predicted octanol–water partition coefficient (Wildman–Crippen LogP) is 4.00. The molecule has 1 aliphatic carbocycles. The monoisotopic (exact) mass is 472 g/mol. The Morgan fingerprint density at radius 3 is 2.52 bits per heavy atom. The zero-order valence-corrected chi connectivity index (χ0v) is 20.7. The van der Waals surface area contributed by atoms with E-state index in [0.29, 0.717) is 30.9 Å². The van der Waals surface area contributed by atoms with Gasteiger partial charge in [0.1, 0.15) is 0 Å². The van der Waals surface area contributed by atoms with E-state index < -0.39 is 10.0 Å². The van der Waals surface area contributed by atoms with Crippen LogP contribution in [0.15, 0.2) is 41.2 Å². The van der Waals surface area contributed by atoms with Crippen molar-refractivity contribution >= 4 is 10.0 Å². The first kappa shape index (κ1) is 24.2. The van der Waals surface area contributed by atoms with Gasteiger partial charge < -0.3 is 9.30 Å². The molecule has 1 fully saturated rings. The number of hydrogen-bond donors (Lipinski definition) is 1. The minimum atomic E-state index is -3.38. The van der Waals surface area contributed by atoms with Crippen molar-refractivity contribution in [3.63, 3.8) is 0 Å². The van der Waals surface area contributed by atoms with Gasteiger partial charge in [0.15, 0.2) is 0 Å². The Balaban J connectivity index is 1.47. The summed E-state index contributed by atoms with van der Waals surface area (Å²) < 4.78 is 35.7. The van der Waals surface area contributed by atoms with E-state index >= 15 is 0 Å². The normalized spacial score (nSPS) is 25.5. The summed E-state index contributed by atoms with van der Waals surface area (Å²) >= 11 is 0.